The van der Waals surface area contributed by atoms with Gasteiger partial charge in [-0.25, -0.2) is 8.42 Å². The van der Waals surface area contributed by atoms with Crippen molar-refractivity contribution in [2.24, 2.45) is 0 Å². The molecule has 4 rings (SSSR count). The minimum absolute atomic E-state index is 0.0106. The summed E-state index contributed by atoms with van der Waals surface area (Å²) < 4.78 is 25.8. The molecule has 0 radical (unpaired) electrons. The Labute approximate surface area is 153 Å². The summed E-state index contributed by atoms with van der Waals surface area (Å²) in [5.74, 6) is 0.0106. The van der Waals surface area contributed by atoms with Gasteiger partial charge in [-0.1, -0.05) is 42.5 Å². The van der Waals surface area contributed by atoms with Crippen LogP contribution in [0.2, 0.25) is 0 Å². The molecule has 26 heavy (non-hydrogen) atoms. The summed E-state index contributed by atoms with van der Waals surface area (Å²) in [5, 5.41) is 3.00. The molecule has 2 aromatic carbocycles. The maximum Gasteiger partial charge on any atom is 0.186 e. The molecule has 0 bridgehead atoms. The lowest BCUT2D eigenvalue weighted by Gasteiger charge is -2.38. The highest BCUT2D eigenvalue weighted by molar-refractivity contribution is 7.92. The molecular formula is C20H22N2O3S. The number of nitrogens with zero attached hydrogens (tertiary/aromatic N) is 1. The van der Waals surface area contributed by atoms with Gasteiger partial charge in [-0.2, -0.15) is 0 Å². The normalized spacial score (nSPS) is 20.8. The summed E-state index contributed by atoms with van der Waals surface area (Å²) in [6, 6.07) is 15.9. The fourth-order valence-electron chi connectivity index (χ4n) is 3.51. The number of hydrogen-bond donors (Lipinski definition) is 1. The van der Waals surface area contributed by atoms with Crippen molar-refractivity contribution >= 4 is 21.3 Å². The third-order valence-corrected chi connectivity index (χ3v) is 7.36. The van der Waals surface area contributed by atoms with Crippen molar-refractivity contribution in [2.45, 2.75) is 29.0 Å². The van der Waals surface area contributed by atoms with Crippen LogP contribution >= 0.6 is 0 Å². The van der Waals surface area contributed by atoms with Crippen LogP contribution in [0, 0.1) is 0 Å². The number of sulfone groups is 1. The first-order chi connectivity index (χ1) is 12.6. The number of carbonyl (C=O) groups is 1. The zero-order chi connectivity index (χ0) is 18.1. The summed E-state index contributed by atoms with van der Waals surface area (Å²) in [7, 11) is -3.33. The second-order valence-electron chi connectivity index (χ2n) is 6.86. The van der Waals surface area contributed by atoms with E-state index in [2.05, 4.69) is 5.32 Å². The van der Waals surface area contributed by atoms with Crippen LogP contribution in [0.4, 0.5) is 5.69 Å². The summed E-state index contributed by atoms with van der Waals surface area (Å²) in [5.41, 5.74) is 1.30. The molecule has 2 aromatic rings. The smallest absolute Gasteiger partial charge is 0.186 e. The van der Waals surface area contributed by atoms with Crippen LogP contribution < -0.4 is 10.2 Å². The van der Waals surface area contributed by atoms with Crippen molar-refractivity contribution in [3.05, 3.63) is 60.2 Å². The maximum absolute atomic E-state index is 13.1. The van der Waals surface area contributed by atoms with Crippen LogP contribution in [0.15, 0.2) is 59.5 Å². The minimum atomic E-state index is -3.33. The molecule has 2 fully saturated rings. The van der Waals surface area contributed by atoms with Gasteiger partial charge in [0.2, 0.25) is 0 Å². The van der Waals surface area contributed by atoms with E-state index in [1.165, 1.54) is 0 Å². The molecule has 0 amide bonds. The molecule has 1 N–H and O–H groups in total. The third kappa shape index (κ3) is 3.15. The molecule has 1 heterocycles. The Hall–Kier alpha value is -2.18. The van der Waals surface area contributed by atoms with Gasteiger partial charge in [-0.15, -0.1) is 0 Å². The minimum Gasteiger partial charge on any atom is -0.357 e. The number of benzene rings is 2. The quantitative estimate of drug-likeness (QED) is 0.818. The van der Waals surface area contributed by atoms with Crippen molar-refractivity contribution in [1.82, 2.24) is 5.32 Å². The van der Waals surface area contributed by atoms with Crippen molar-refractivity contribution < 1.29 is 13.2 Å². The van der Waals surface area contributed by atoms with Crippen molar-refractivity contribution in [3.8, 4) is 0 Å². The lowest BCUT2D eigenvalue weighted by Crippen LogP contribution is -2.55. The Morgan fingerprint density at radius 3 is 2.42 bits per heavy atom. The molecule has 2 aliphatic rings. The zero-order valence-corrected chi connectivity index (χ0v) is 15.3. The van der Waals surface area contributed by atoms with Crippen molar-refractivity contribution in [3.63, 3.8) is 0 Å². The number of para-hydroxylation sites is 1. The number of nitrogens with one attached hydrogen (secondary N) is 1. The molecular weight excluding hydrogens is 348 g/mol. The van der Waals surface area contributed by atoms with E-state index >= 15 is 0 Å². The first-order valence-corrected chi connectivity index (χ1v) is 10.5. The maximum atomic E-state index is 13.1. The van der Waals surface area contributed by atoms with Crippen LogP contribution in [-0.4, -0.2) is 45.1 Å². The standard InChI is InChI=1S/C20H22N2O3S/c23-20(15-6-2-1-3-7-15)18-14-21-12-13-22(18)17-8-4-5-9-19(17)26(24,25)16-10-11-16/h1-9,16,18,21H,10-14H2. The van der Waals surface area contributed by atoms with Gasteiger partial charge in [0.1, 0.15) is 6.04 Å². The zero-order valence-electron chi connectivity index (χ0n) is 14.5. The summed E-state index contributed by atoms with van der Waals surface area (Å²) in [4.78, 5) is 15.4. The van der Waals surface area contributed by atoms with Gasteiger partial charge in [0.05, 0.1) is 15.8 Å². The first kappa shape index (κ1) is 17.2. The number of Topliss-reactive ketones (excluding diaryl/α,β-unsaturated/α-hetero) is 1. The molecule has 0 aromatic heterocycles. The molecule has 1 aliphatic heterocycles. The largest absolute Gasteiger partial charge is 0.357 e. The van der Waals surface area contributed by atoms with E-state index in [1.807, 2.05) is 47.4 Å². The Morgan fingerprint density at radius 1 is 1.00 bits per heavy atom. The summed E-state index contributed by atoms with van der Waals surface area (Å²) in [6.45, 7) is 1.82. The van der Waals surface area contributed by atoms with E-state index in [9.17, 15) is 13.2 Å². The lowest BCUT2D eigenvalue weighted by atomic mass is 10.0. The fraction of sp³-hybridized carbons (Fsp3) is 0.350. The SMILES string of the molecule is O=C(c1ccccc1)C1CNCCN1c1ccccc1S(=O)(=O)C1CC1. The molecule has 1 saturated heterocycles. The molecule has 1 atom stereocenters. The highest BCUT2D eigenvalue weighted by Crippen LogP contribution is 2.38. The van der Waals surface area contributed by atoms with Gasteiger partial charge >= 0.3 is 0 Å². The van der Waals surface area contributed by atoms with E-state index in [4.69, 9.17) is 0 Å². The highest BCUT2D eigenvalue weighted by Gasteiger charge is 2.40. The number of anilines is 1. The number of carbonyl (C=O) groups excluding carboxylic acids is 1. The summed E-state index contributed by atoms with van der Waals surface area (Å²) >= 11 is 0. The topological polar surface area (TPSA) is 66.5 Å². The number of hydrogen-bond acceptors (Lipinski definition) is 5. The van der Waals surface area contributed by atoms with Gasteiger partial charge in [0.25, 0.3) is 0 Å². The Morgan fingerprint density at radius 2 is 1.69 bits per heavy atom. The highest BCUT2D eigenvalue weighted by atomic mass is 32.2. The average Bonchev–Trinajstić information content (AvgIpc) is 3.54. The van der Waals surface area contributed by atoms with Gasteiger partial charge in [0, 0.05) is 25.2 Å². The molecule has 5 nitrogen and oxygen atoms in total. The van der Waals surface area contributed by atoms with E-state index in [-0.39, 0.29) is 11.0 Å². The molecule has 1 aliphatic carbocycles. The van der Waals surface area contributed by atoms with Crippen LogP contribution in [0.5, 0.6) is 0 Å². The Bertz CT molecular complexity index is 908. The molecule has 6 heteroatoms. The summed E-state index contributed by atoms with van der Waals surface area (Å²) in [6.07, 6.45) is 1.45. The van der Waals surface area contributed by atoms with Crippen LogP contribution in [0.25, 0.3) is 0 Å². The van der Waals surface area contributed by atoms with Gasteiger partial charge in [0.15, 0.2) is 15.6 Å². The van der Waals surface area contributed by atoms with E-state index in [0.29, 0.717) is 29.2 Å². The molecule has 136 valence electrons. The Balaban J connectivity index is 1.73. The lowest BCUT2D eigenvalue weighted by molar-refractivity contribution is 0.0950. The number of ketones is 1. The second-order valence-corrected chi connectivity index (χ2v) is 9.05. The van der Waals surface area contributed by atoms with E-state index < -0.39 is 15.9 Å². The number of rotatable bonds is 5. The predicted octanol–water partition coefficient (Wildman–Crippen LogP) is 2.28. The predicted molar refractivity (Wildman–Crippen MR) is 101 cm³/mol. The van der Waals surface area contributed by atoms with Crippen LogP contribution in [-0.2, 0) is 9.84 Å². The van der Waals surface area contributed by atoms with Gasteiger partial charge < -0.3 is 10.2 Å². The van der Waals surface area contributed by atoms with Crippen LogP contribution in [0.1, 0.15) is 23.2 Å². The van der Waals surface area contributed by atoms with Crippen molar-refractivity contribution in [1.29, 1.82) is 0 Å². The monoisotopic (exact) mass is 370 g/mol. The van der Waals surface area contributed by atoms with Crippen molar-refractivity contribution in [2.75, 3.05) is 24.5 Å². The first-order valence-electron chi connectivity index (χ1n) is 8.98. The average molecular weight is 370 g/mol. The van der Waals surface area contributed by atoms with E-state index in [1.54, 1.807) is 12.1 Å². The van der Waals surface area contributed by atoms with Crippen LogP contribution in [0.3, 0.4) is 0 Å². The second kappa shape index (κ2) is 6.85. The van der Waals surface area contributed by atoms with Gasteiger partial charge in [-0.05, 0) is 25.0 Å². The molecule has 0 spiro atoms. The molecule has 1 unspecified atom stereocenters. The fourth-order valence-corrected chi connectivity index (χ4v) is 5.38. The third-order valence-electron chi connectivity index (χ3n) is 5.05. The van der Waals surface area contributed by atoms with E-state index in [0.717, 1.165) is 19.4 Å². The Kier molecular flexibility index (Phi) is 4.54. The molecule has 1 saturated carbocycles. The van der Waals surface area contributed by atoms with Gasteiger partial charge in [-0.3, -0.25) is 4.79 Å². The number of piperazine rings is 1.